The molecular weight excluding hydrogens is 476 g/mol. The fourth-order valence-electron chi connectivity index (χ4n) is 4.07. The van der Waals surface area contributed by atoms with Crippen LogP contribution in [0, 0.1) is 13.8 Å². The van der Waals surface area contributed by atoms with Crippen LogP contribution < -0.4 is 20.4 Å². The number of anilines is 1. The summed E-state index contributed by atoms with van der Waals surface area (Å²) in [7, 11) is 0. The Hall–Kier alpha value is -4.56. The van der Waals surface area contributed by atoms with Crippen LogP contribution in [-0.4, -0.2) is 16.9 Å². The van der Waals surface area contributed by atoms with Gasteiger partial charge in [-0.25, -0.2) is 0 Å². The van der Waals surface area contributed by atoms with Crippen molar-refractivity contribution in [2.45, 2.75) is 13.8 Å². The molecule has 8 heteroatoms. The molecule has 1 aliphatic heterocycles. The summed E-state index contributed by atoms with van der Waals surface area (Å²) in [6.07, 6.45) is 2.49. The summed E-state index contributed by atoms with van der Waals surface area (Å²) >= 11 is 5.27. The maximum absolute atomic E-state index is 13.4. The van der Waals surface area contributed by atoms with Crippen molar-refractivity contribution in [2.24, 2.45) is 0 Å². The Labute approximate surface area is 211 Å². The first kappa shape index (κ1) is 23.2. The van der Waals surface area contributed by atoms with Crippen LogP contribution in [0.3, 0.4) is 0 Å². The second-order valence-corrected chi connectivity index (χ2v) is 8.73. The summed E-state index contributed by atoms with van der Waals surface area (Å²) in [5.74, 6) is -0.0996. The minimum atomic E-state index is -0.689. The maximum Gasteiger partial charge on any atom is 0.270 e. The van der Waals surface area contributed by atoms with E-state index in [-0.39, 0.29) is 21.7 Å². The molecule has 0 radical (unpaired) electrons. The standard InChI is InChI=1S/C28H20N2O5S/c1-16-12-17(2)24-23(13-16)34-15-18(25(24)31)14-22-26(32)29-28(36)30(27(22)33)19-8-10-21(11-9-19)35-20-6-4-3-5-7-20/h3-15H,1-2H3,(H,29,32,36). The molecule has 0 saturated carbocycles. The smallest absolute Gasteiger partial charge is 0.270 e. The molecule has 1 aromatic heterocycles. The van der Waals surface area contributed by atoms with Gasteiger partial charge in [0.2, 0.25) is 0 Å². The molecule has 0 unspecified atom stereocenters. The second kappa shape index (κ2) is 9.24. The van der Waals surface area contributed by atoms with Gasteiger partial charge in [0.05, 0.1) is 16.6 Å². The van der Waals surface area contributed by atoms with Crippen molar-refractivity contribution < 1.29 is 18.7 Å². The SMILES string of the molecule is Cc1cc(C)c2c(=O)c(C=C3C(=O)NC(=S)N(c4ccc(Oc5ccccc5)cc4)C3=O)coc2c1. The van der Waals surface area contributed by atoms with Gasteiger partial charge < -0.3 is 9.15 Å². The van der Waals surface area contributed by atoms with Gasteiger partial charge in [0, 0.05) is 0 Å². The molecule has 0 atom stereocenters. The third-order valence-electron chi connectivity index (χ3n) is 5.72. The predicted octanol–water partition coefficient (Wildman–Crippen LogP) is 5.03. The lowest BCUT2D eigenvalue weighted by atomic mass is 10.0. The highest BCUT2D eigenvalue weighted by Crippen LogP contribution is 2.27. The van der Waals surface area contributed by atoms with E-state index in [9.17, 15) is 14.4 Å². The molecule has 3 aromatic carbocycles. The van der Waals surface area contributed by atoms with Gasteiger partial charge in [-0.05, 0) is 85.7 Å². The number of nitrogens with zero attached hydrogens (tertiary/aromatic N) is 1. The first-order valence-corrected chi connectivity index (χ1v) is 11.5. The minimum absolute atomic E-state index is 0.0595. The van der Waals surface area contributed by atoms with Gasteiger partial charge >= 0.3 is 0 Å². The molecule has 2 amide bonds. The molecule has 1 saturated heterocycles. The van der Waals surface area contributed by atoms with E-state index in [1.165, 1.54) is 17.2 Å². The lowest BCUT2D eigenvalue weighted by molar-refractivity contribution is -0.122. The van der Waals surface area contributed by atoms with E-state index in [4.69, 9.17) is 21.4 Å². The summed E-state index contributed by atoms with van der Waals surface area (Å²) in [5.41, 5.74) is 2.12. The van der Waals surface area contributed by atoms with Crippen LogP contribution in [-0.2, 0) is 9.59 Å². The van der Waals surface area contributed by atoms with E-state index in [2.05, 4.69) is 5.32 Å². The molecule has 5 rings (SSSR count). The molecule has 0 aliphatic carbocycles. The maximum atomic E-state index is 13.4. The predicted molar refractivity (Wildman–Crippen MR) is 141 cm³/mol. The zero-order chi connectivity index (χ0) is 25.4. The van der Waals surface area contributed by atoms with Gasteiger partial charge in [0.15, 0.2) is 10.5 Å². The van der Waals surface area contributed by atoms with Crippen LogP contribution >= 0.6 is 12.2 Å². The van der Waals surface area contributed by atoms with E-state index < -0.39 is 11.8 Å². The van der Waals surface area contributed by atoms with Gasteiger partial charge in [-0.3, -0.25) is 24.6 Å². The number of benzene rings is 3. The number of nitrogens with one attached hydrogen (secondary N) is 1. The van der Waals surface area contributed by atoms with Crippen LogP contribution in [0.15, 0.2) is 87.8 Å². The lowest BCUT2D eigenvalue weighted by Crippen LogP contribution is -2.54. The number of ether oxygens (including phenoxy) is 1. The topological polar surface area (TPSA) is 88.9 Å². The Kier molecular flexibility index (Phi) is 5.95. The molecule has 4 aromatic rings. The lowest BCUT2D eigenvalue weighted by Gasteiger charge is -2.29. The average Bonchev–Trinajstić information content (AvgIpc) is 2.84. The zero-order valence-electron chi connectivity index (χ0n) is 19.4. The van der Waals surface area contributed by atoms with Crippen LogP contribution in [0.2, 0.25) is 0 Å². The van der Waals surface area contributed by atoms with Crippen molar-refractivity contribution in [3.05, 3.63) is 105 Å². The molecule has 36 heavy (non-hydrogen) atoms. The van der Waals surface area contributed by atoms with Crippen molar-refractivity contribution >= 4 is 51.9 Å². The zero-order valence-corrected chi connectivity index (χ0v) is 20.2. The molecule has 1 N–H and O–H groups in total. The number of thiocarbonyl (C=S) groups is 1. The van der Waals surface area contributed by atoms with Crippen molar-refractivity contribution in [1.29, 1.82) is 0 Å². The van der Waals surface area contributed by atoms with Crippen molar-refractivity contribution in [3.8, 4) is 11.5 Å². The third-order valence-corrected chi connectivity index (χ3v) is 6.01. The van der Waals surface area contributed by atoms with Gasteiger partial charge in [0.25, 0.3) is 11.8 Å². The van der Waals surface area contributed by atoms with Gasteiger partial charge in [-0.15, -0.1) is 0 Å². The molecule has 0 spiro atoms. The number of carbonyl (C=O) groups excluding carboxylic acids is 2. The Morgan fingerprint density at radius 1 is 0.944 bits per heavy atom. The van der Waals surface area contributed by atoms with Crippen molar-refractivity contribution in [1.82, 2.24) is 5.32 Å². The molecule has 1 aliphatic rings. The fraction of sp³-hybridized carbons (Fsp3) is 0.0714. The second-order valence-electron chi connectivity index (χ2n) is 8.34. The molecule has 2 heterocycles. The number of carbonyl (C=O) groups is 2. The highest BCUT2D eigenvalue weighted by atomic mass is 32.1. The van der Waals surface area contributed by atoms with E-state index in [0.717, 1.165) is 11.1 Å². The first-order valence-electron chi connectivity index (χ1n) is 11.1. The monoisotopic (exact) mass is 496 g/mol. The number of hydrogen-bond acceptors (Lipinski definition) is 6. The van der Waals surface area contributed by atoms with Crippen molar-refractivity contribution in [3.63, 3.8) is 0 Å². The summed E-state index contributed by atoms with van der Waals surface area (Å²) < 4.78 is 11.4. The van der Waals surface area contributed by atoms with Crippen LogP contribution in [0.1, 0.15) is 16.7 Å². The highest BCUT2D eigenvalue weighted by Gasteiger charge is 2.34. The number of rotatable bonds is 4. The summed E-state index contributed by atoms with van der Waals surface area (Å²) in [4.78, 5) is 40.4. The normalized spacial score (nSPS) is 14.9. The Morgan fingerprint density at radius 3 is 2.36 bits per heavy atom. The Balaban J connectivity index is 1.48. The third kappa shape index (κ3) is 4.30. The average molecular weight is 497 g/mol. The van der Waals surface area contributed by atoms with Crippen LogP contribution in [0.5, 0.6) is 11.5 Å². The van der Waals surface area contributed by atoms with Gasteiger partial charge in [-0.1, -0.05) is 24.3 Å². The van der Waals surface area contributed by atoms with E-state index in [1.807, 2.05) is 50.2 Å². The quantitative estimate of drug-likeness (QED) is 0.242. The van der Waals surface area contributed by atoms with E-state index >= 15 is 0 Å². The Morgan fingerprint density at radius 2 is 1.64 bits per heavy atom. The number of amides is 2. The van der Waals surface area contributed by atoms with Crippen molar-refractivity contribution in [2.75, 3.05) is 4.90 Å². The largest absolute Gasteiger partial charge is 0.463 e. The summed E-state index contributed by atoms with van der Waals surface area (Å²) in [6, 6.07) is 19.6. The van der Waals surface area contributed by atoms with E-state index in [0.29, 0.717) is 28.2 Å². The highest BCUT2D eigenvalue weighted by molar-refractivity contribution is 7.80. The van der Waals surface area contributed by atoms with Crippen LogP contribution in [0.4, 0.5) is 5.69 Å². The van der Waals surface area contributed by atoms with E-state index in [1.54, 1.807) is 30.3 Å². The first-order chi connectivity index (χ1) is 17.3. The molecule has 178 valence electrons. The molecule has 1 fully saturated rings. The summed E-state index contributed by atoms with van der Waals surface area (Å²) in [5, 5.41) is 2.87. The molecule has 0 bridgehead atoms. The number of para-hydroxylation sites is 1. The minimum Gasteiger partial charge on any atom is -0.463 e. The summed E-state index contributed by atoms with van der Waals surface area (Å²) in [6.45, 7) is 3.72. The number of aryl methyl sites for hydroxylation is 2. The van der Waals surface area contributed by atoms with Crippen LogP contribution in [0.25, 0.3) is 17.0 Å². The molecule has 7 nitrogen and oxygen atoms in total. The fourth-order valence-corrected chi connectivity index (χ4v) is 4.35. The van der Waals surface area contributed by atoms with Gasteiger partial charge in [-0.2, -0.15) is 0 Å². The number of hydrogen-bond donors (Lipinski definition) is 1. The van der Waals surface area contributed by atoms with Gasteiger partial charge in [0.1, 0.15) is 28.9 Å². The number of fused-ring (bicyclic) bond motifs is 1. The molecular formula is C28H20N2O5S. The Bertz CT molecular complexity index is 1620.